The number of ether oxygens (including phenoxy) is 1. The summed E-state index contributed by atoms with van der Waals surface area (Å²) in [5, 5.41) is 0. The number of hydrogen-bond acceptors (Lipinski definition) is 2. The van der Waals surface area contributed by atoms with Crippen LogP contribution in [-0.4, -0.2) is 13.1 Å². The Labute approximate surface area is 327 Å². The van der Waals surface area contributed by atoms with Crippen molar-refractivity contribution in [1.29, 1.82) is 0 Å². The molecule has 0 spiro atoms. The molecule has 2 nitrogen and oxygen atoms in total. The minimum absolute atomic E-state index is 0.0131. The first kappa shape index (κ1) is 38.6. The van der Waals surface area contributed by atoms with Gasteiger partial charge in [0.2, 0.25) is 0 Å². The van der Waals surface area contributed by atoms with Crippen molar-refractivity contribution in [1.82, 2.24) is 0 Å². The van der Waals surface area contributed by atoms with Crippen molar-refractivity contribution in [2.45, 2.75) is 128 Å². The zero-order valence-corrected chi connectivity index (χ0v) is 34.1. The third-order valence-corrected chi connectivity index (χ3v) is 14.8. The molecule has 4 unspecified atom stereocenters. The molecule has 0 heterocycles. The SMILES string of the molecule is CCC(C)CC(c1ccc(C23CC4CC(CC(C4)C2)C3)cc1)C(C)(C)CC(CC(CC(C)C(=O)OC)(c1ccccc1)c1ccccc1)c1ccccc1. The van der Waals surface area contributed by atoms with Crippen molar-refractivity contribution in [2.75, 3.05) is 7.11 Å². The lowest BCUT2D eigenvalue weighted by Gasteiger charge is -2.57. The van der Waals surface area contributed by atoms with Crippen LogP contribution in [0.1, 0.15) is 145 Å². The number of carbonyl (C=O) groups excluding carboxylic acids is 1. The Balaban J connectivity index is 1.27. The molecule has 0 amide bonds. The summed E-state index contributed by atoms with van der Waals surface area (Å²) in [6.07, 6.45) is 13.7. The molecule has 4 aliphatic carbocycles. The quantitative estimate of drug-likeness (QED) is 0.108. The Kier molecular flexibility index (Phi) is 11.6. The van der Waals surface area contributed by atoms with Gasteiger partial charge in [-0.2, -0.15) is 0 Å². The minimum Gasteiger partial charge on any atom is -0.469 e. The molecule has 4 bridgehead atoms. The van der Waals surface area contributed by atoms with E-state index in [2.05, 4.69) is 143 Å². The summed E-state index contributed by atoms with van der Waals surface area (Å²) in [6.45, 7) is 11.9. The maximum absolute atomic E-state index is 13.2. The van der Waals surface area contributed by atoms with Gasteiger partial charge in [-0.3, -0.25) is 4.79 Å². The zero-order valence-electron chi connectivity index (χ0n) is 34.1. The highest BCUT2D eigenvalue weighted by Crippen LogP contribution is 2.61. The number of methoxy groups -OCH3 is 1. The van der Waals surface area contributed by atoms with Gasteiger partial charge in [0.1, 0.15) is 0 Å². The summed E-state index contributed by atoms with van der Waals surface area (Å²) < 4.78 is 5.37. The van der Waals surface area contributed by atoms with Crippen molar-refractivity contribution >= 4 is 5.97 Å². The summed E-state index contributed by atoms with van der Waals surface area (Å²) in [5.41, 5.74) is 7.10. The molecule has 0 N–H and O–H groups in total. The van der Waals surface area contributed by atoms with Crippen molar-refractivity contribution in [2.24, 2.45) is 35.0 Å². The molecule has 8 rings (SSSR count). The van der Waals surface area contributed by atoms with Crippen LogP contribution in [0.3, 0.4) is 0 Å². The molecular formula is C52H66O2. The Hall–Kier alpha value is -3.65. The normalized spacial score (nSPS) is 24.4. The molecule has 4 aromatic carbocycles. The fraction of sp³-hybridized carbons (Fsp3) is 0.519. The van der Waals surface area contributed by atoms with Crippen LogP contribution in [0.25, 0.3) is 0 Å². The smallest absolute Gasteiger partial charge is 0.308 e. The standard InChI is InChI=1S/C52H66O2/c1-7-37(2)27-48(43-23-25-45(26-24-43)51-32-39-28-40(33-51)30-41(29-39)34-51)50(4,5)35-44(42-17-11-8-12-18-42)36-52(31-38(3)49(53)54-6,46-19-13-9-14-20-46)47-21-15-10-16-22-47/h8-26,37-41,44,48H,7,27-36H2,1-6H3. The van der Waals surface area contributed by atoms with Crippen molar-refractivity contribution in [3.63, 3.8) is 0 Å². The molecule has 2 heteroatoms. The second-order valence-corrected chi connectivity index (χ2v) is 19.1. The number of benzene rings is 4. The van der Waals surface area contributed by atoms with E-state index in [9.17, 15) is 4.79 Å². The first-order valence-corrected chi connectivity index (χ1v) is 21.4. The second kappa shape index (κ2) is 16.2. The van der Waals surface area contributed by atoms with Crippen LogP contribution in [0.5, 0.6) is 0 Å². The van der Waals surface area contributed by atoms with E-state index in [1.807, 2.05) is 6.92 Å². The van der Waals surface area contributed by atoms with Gasteiger partial charge < -0.3 is 4.74 Å². The molecule has 4 aromatic rings. The fourth-order valence-corrected chi connectivity index (χ4v) is 12.3. The molecule has 4 saturated carbocycles. The van der Waals surface area contributed by atoms with E-state index in [4.69, 9.17) is 4.74 Å². The largest absolute Gasteiger partial charge is 0.469 e. The summed E-state index contributed by atoms with van der Waals surface area (Å²) >= 11 is 0. The van der Waals surface area contributed by atoms with Gasteiger partial charge in [-0.25, -0.2) is 0 Å². The van der Waals surface area contributed by atoms with Crippen LogP contribution in [0.15, 0.2) is 115 Å². The number of hydrogen-bond donors (Lipinski definition) is 0. The number of esters is 1. The Morgan fingerprint density at radius 1 is 0.685 bits per heavy atom. The van der Waals surface area contributed by atoms with Crippen LogP contribution in [0.4, 0.5) is 0 Å². The van der Waals surface area contributed by atoms with E-state index in [0.717, 1.165) is 30.6 Å². The molecule has 4 aliphatic rings. The highest BCUT2D eigenvalue weighted by atomic mass is 16.5. The lowest BCUT2D eigenvalue weighted by atomic mass is 9.48. The van der Waals surface area contributed by atoms with Crippen molar-refractivity contribution in [3.8, 4) is 0 Å². The van der Waals surface area contributed by atoms with Crippen LogP contribution in [-0.2, 0) is 20.4 Å². The van der Waals surface area contributed by atoms with Gasteiger partial charge in [-0.05, 0) is 138 Å². The van der Waals surface area contributed by atoms with Gasteiger partial charge in [0.15, 0.2) is 0 Å². The van der Waals surface area contributed by atoms with Gasteiger partial charge in [0.05, 0.1) is 13.0 Å². The van der Waals surface area contributed by atoms with Crippen molar-refractivity contribution in [3.05, 3.63) is 143 Å². The Bertz CT molecular complexity index is 1720. The molecule has 0 saturated heterocycles. The van der Waals surface area contributed by atoms with Crippen LogP contribution in [0.2, 0.25) is 0 Å². The highest BCUT2D eigenvalue weighted by molar-refractivity contribution is 5.72. The third kappa shape index (κ3) is 8.01. The molecule has 4 atom stereocenters. The monoisotopic (exact) mass is 723 g/mol. The topological polar surface area (TPSA) is 26.3 Å². The first-order valence-electron chi connectivity index (χ1n) is 21.4. The zero-order chi connectivity index (χ0) is 37.9. The average molecular weight is 723 g/mol. The first-order chi connectivity index (χ1) is 26.0. The third-order valence-electron chi connectivity index (χ3n) is 14.8. The van der Waals surface area contributed by atoms with E-state index in [-0.39, 0.29) is 23.2 Å². The van der Waals surface area contributed by atoms with Crippen LogP contribution >= 0.6 is 0 Å². The molecular weight excluding hydrogens is 657 g/mol. The number of rotatable bonds is 16. The maximum Gasteiger partial charge on any atom is 0.308 e. The predicted molar refractivity (Wildman–Crippen MR) is 225 cm³/mol. The molecule has 0 radical (unpaired) electrons. The van der Waals surface area contributed by atoms with Crippen LogP contribution in [0, 0.1) is 35.0 Å². The van der Waals surface area contributed by atoms with E-state index in [0.29, 0.717) is 23.7 Å². The molecule has 286 valence electrons. The summed E-state index contributed by atoms with van der Waals surface area (Å²) in [6, 6.07) is 43.5. The molecule has 0 aliphatic heterocycles. The maximum atomic E-state index is 13.2. The Morgan fingerprint density at radius 3 is 1.67 bits per heavy atom. The van der Waals surface area contributed by atoms with Gasteiger partial charge in [-0.1, -0.05) is 156 Å². The molecule has 0 aromatic heterocycles. The minimum atomic E-state index is -0.390. The lowest BCUT2D eigenvalue weighted by molar-refractivity contribution is -0.145. The van der Waals surface area contributed by atoms with E-state index < -0.39 is 5.41 Å². The summed E-state index contributed by atoms with van der Waals surface area (Å²) in [4.78, 5) is 13.2. The van der Waals surface area contributed by atoms with Crippen molar-refractivity contribution < 1.29 is 9.53 Å². The number of carbonyl (C=O) groups is 1. The van der Waals surface area contributed by atoms with E-state index >= 15 is 0 Å². The van der Waals surface area contributed by atoms with E-state index in [1.54, 1.807) is 5.56 Å². The van der Waals surface area contributed by atoms with Gasteiger partial charge >= 0.3 is 5.97 Å². The molecule has 4 fully saturated rings. The summed E-state index contributed by atoms with van der Waals surface area (Å²) in [7, 11) is 1.52. The predicted octanol–water partition coefficient (Wildman–Crippen LogP) is 13.4. The fourth-order valence-electron chi connectivity index (χ4n) is 12.3. The van der Waals surface area contributed by atoms with E-state index in [1.165, 1.54) is 80.7 Å². The van der Waals surface area contributed by atoms with Crippen LogP contribution < -0.4 is 0 Å². The highest BCUT2D eigenvalue weighted by Gasteiger charge is 2.51. The lowest BCUT2D eigenvalue weighted by Crippen LogP contribution is -2.48. The Morgan fingerprint density at radius 2 is 1.19 bits per heavy atom. The van der Waals surface area contributed by atoms with Gasteiger partial charge in [0, 0.05) is 5.41 Å². The summed E-state index contributed by atoms with van der Waals surface area (Å²) in [5.74, 6) is 3.80. The van der Waals surface area contributed by atoms with Gasteiger partial charge in [0.25, 0.3) is 0 Å². The van der Waals surface area contributed by atoms with Gasteiger partial charge in [-0.15, -0.1) is 0 Å². The molecule has 54 heavy (non-hydrogen) atoms. The second-order valence-electron chi connectivity index (χ2n) is 19.1. The average Bonchev–Trinajstić information content (AvgIpc) is 3.19.